The highest BCUT2D eigenvalue weighted by Gasteiger charge is 2.21. The van der Waals surface area contributed by atoms with Gasteiger partial charge in [0.1, 0.15) is 5.84 Å². The van der Waals surface area contributed by atoms with Crippen LogP contribution in [0, 0.1) is 11.7 Å². The van der Waals surface area contributed by atoms with Crippen LogP contribution in [0.5, 0.6) is 0 Å². The topological polar surface area (TPSA) is 78.0 Å². The molecule has 8 heteroatoms. The van der Waals surface area contributed by atoms with E-state index in [1.165, 1.54) is 0 Å². The van der Waals surface area contributed by atoms with Gasteiger partial charge in [-0.25, -0.2) is 9.38 Å². The minimum Gasteiger partial charge on any atom is -0.384 e. The smallest absolute Gasteiger partial charge is 0.151 e. The van der Waals surface area contributed by atoms with Gasteiger partial charge in [-0.15, -0.1) is 0 Å². The average Bonchev–Trinajstić information content (AvgIpc) is 2.85. The zero-order valence-electron chi connectivity index (χ0n) is 23.3. The van der Waals surface area contributed by atoms with Gasteiger partial charge in [-0.2, -0.15) is 0 Å². The lowest BCUT2D eigenvalue weighted by Crippen LogP contribution is -2.45. The number of benzene rings is 1. The van der Waals surface area contributed by atoms with Crippen molar-refractivity contribution in [1.29, 1.82) is 0 Å². The predicted molar refractivity (Wildman–Crippen MR) is 158 cm³/mol. The number of amidine groups is 1. The normalized spacial score (nSPS) is 16.5. The Morgan fingerprint density at radius 2 is 1.97 bits per heavy atom. The molecule has 37 heavy (non-hydrogen) atoms. The molecule has 0 spiro atoms. The van der Waals surface area contributed by atoms with Gasteiger partial charge in [0.2, 0.25) is 0 Å². The van der Waals surface area contributed by atoms with E-state index in [4.69, 9.17) is 22.3 Å². The second-order valence-corrected chi connectivity index (χ2v) is 10.4. The number of piperazine rings is 1. The fourth-order valence-electron chi connectivity index (χ4n) is 4.34. The molecule has 1 aromatic carbocycles. The summed E-state index contributed by atoms with van der Waals surface area (Å²) in [5, 5.41) is 6.82. The SMILES string of the molecule is C=C(NCCN1CCNCC1)c1c(F)c(Cl)cc(C/C(C)=N/C(C)=C(C)/C(N)=N\C=C/C)c1CC(C)C. The molecule has 0 saturated carbocycles. The standard InChI is InChI=1S/C29H44ClFN6/c1-8-9-35-29(32)21(5)22(6)36-20(4)17-24-18-26(30)28(31)27(25(24)16-19(2)3)23(7)34-12-15-37-13-10-33-11-14-37/h8-9,18-19,33-34H,7,10-17H2,1-6H3,(H2,32,35)/b9-8-,22-21+,36-20+. The van der Waals surface area contributed by atoms with Crippen LogP contribution in [0.1, 0.15) is 58.2 Å². The Morgan fingerprint density at radius 3 is 2.59 bits per heavy atom. The van der Waals surface area contributed by atoms with E-state index in [0.29, 0.717) is 42.4 Å². The summed E-state index contributed by atoms with van der Waals surface area (Å²) < 4.78 is 15.4. The first-order valence-electron chi connectivity index (χ1n) is 13.1. The lowest BCUT2D eigenvalue weighted by molar-refractivity contribution is 0.244. The first-order chi connectivity index (χ1) is 17.5. The summed E-state index contributed by atoms with van der Waals surface area (Å²) in [5.74, 6) is 0.341. The molecule has 1 aliphatic heterocycles. The number of rotatable bonds is 12. The number of hydrogen-bond acceptors (Lipinski definition) is 5. The number of allylic oxidation sites excluding steroid dienone is 2. The Kier molecular flexibility index (Phi) is 12.5. The first kappa shape index (κ1) is 30.7. The molecule has 6 nitrogen and oxygen atoms in total. The molecular formula is C29H44ClFN6. The number of nitrogens with one attached hydrogen (secondary N) is 2. The van der Waals surface area contributed by atoms with E-state index in [-0.39, 0.29) is 5.02 Å². The maximum atomic E-state index is 15.4. The molecule has 0 bridgehead atoms. The molecule has 2 rings (SSSR count). The van der Waals surface area contributed by atoms with E-state index >= 15 is 4.39 Å². The molecule has 1 aromatic rings. The molecule has 0 aliphatic carbocycles. The number of hydrogen-bond donors (Lipinski definition) is 3. The van der Waals surface area contributed by atoms with Gasteiger partial charge in [-0.05, 0) is 57.2 Å². The van der Waals surface area contributed by atoms with Crippen molar-refractivity contribution >= 4 is 28.8 Å². The van der Waals surface area contributed by atoms with Crippen LogP contribution >= 0.6 is 11.6 Å². The minimum absolute atomic E-state index is 0.0986. The van der Waals surface area contributed by atoms with Gasteiger partial charge in [0.05, 0.1) is 5.02 Å². The van der Waals surface area contributed by atoms with Crippen molar-refractivity contribution in [2.45, 2.75) is 54.4 Å². The van der Waals surface area contributed by atoms with Crippen LogP contribution in [0.2, 0.25) is 5.02 Å². The summed E-state index contributed by atoms with van der Waals surface area (Å²) in [6.07, 6.45) is 4.73. The minimum atomic E-state index is -0.421. The van der Waals surface area contributed by atoms with Crippen molar-refractivity contribution in [3.8, 4) is 0 Å². The molecule has 0 amide bonds. The molecule has 0 aromatic heterocycles. The third kappa shape index (κ3) is 9.40. The molecule has 1 aliphatic rings. The monoisotopic (exact) mass is 530 g/mol. The molecule has 0 unspecified atom stereocenters. The molecule has 0 atom stereocenters. The second kappa shape index (κ2) is 15.1. The third-order valence-electron chi connectivity index (χ3n) is 6.40. The first-order valence-corrected chi connectivity index (χ1v) is 13.4. The summed E-state index contributed by atoms with van der Waals surface area (Å²) >= 11 is 6.41. The van der Waals surface area contributed by atoms with Gasteiger partial charge in [0, 0.05) is 80.1 Å². The Balaban J connectivity index is 2.34. The van der Waals surface area contributed by atoms with Crippen LogP contribution in [0.25, 0.3) is 5.70 Å². The lowest BCUT2D eigenvalue weighted by Gasteiger charge is -2.27. The maximum Gasteiger partial charge on any atom is 0.151 e. The van der Waals surface area contributed by atoms with E-state index in [0.717, 1.165) is 60.8 Å². The van der Waals surface area contributed by atoms with Crippen molar-refractivity contribution in [1.82, 2.24) is 15.5 Å². The highest BCUT2D eigenvalue weighted by molar-refractivity contribution is 6.31. The van der Waals surface area contributed by atoms with Crippen LogP contribution in [0.4, 0.5) is 4.39 Å². The number of aliphatic imine (C=N–C) groups is 2. The number of nitrogens with zero attached hydrogens (tertiary/aromatic N) is 3. The predicted octanol–water partition coefficient (Wildman–Crippen LogP) is 5.33. The molecule has 1 fully saturated rings. The average molecular weight is 531 g/mol. The summed E-state index contributed by atoms with van der Waals surface area (Å²) in [7, 11) is 0. The second-order valence-electron chi connectivity index (χ2n) is 10.0. The lowest BCUT2D eigenvalue weighted by atomic mass is 9.89. The van der Waals surface area contributed by atoms with Crippen LogP contribution in [-0.4, -0.2) is 55.7 Å². The summed E-state index contributed by atoms with van der Waals surface area (Å²) in [6.45, 7) is 21.7. The zero-order chi connectivity index (χ0) is 27.5. The van der Waals surface area contributed by atoms with Gasteiger partial charge >= 0.3 is 0 Å². The van der Waals surface area contributed by atoms with Crippen molar-refractivity contribution in [2.24, 2.45) is 21.6 Å². The molecule has 0 radical (unpaired) electrons. The van der Waals surface area contributed by atoms with Crippen molar-refractivity contribution in [3.05, 3.63) is 63.7 Å². The van der Waals surface area contributed by atoms with E-state index in [9.17, 15) is 0 Å². The molecule has 204 valence electrons. The molecule has 1 saturated heterocycles. The fourth-order valence-corrected chi connectivity index (χ4v) is 4.57. The van der Waals surface area contributed by atoms with Crippen LogP contribution in [0.3, 0.4) is 0 Å². The van der Waals surface area contributed by atoms with Gasteiger partial charge < -0.3 is 16.4 Å². The highest BCUT2D eigenvalue weighted by atomic mass is 35.5. The molecule has 1 heterocycles. The Hall–Kier alpha value is -2.48. The van der Waals surface area contributed by atoms with Crippen molar-refractivity contribution in [2.75, 3.05) is 39.3 Å². The summed E-state index contributed by atoms with van der Waals surface area (Å²) in [6, 6.07) is 1.74. The van der Waals surface area contributed by atoms with Crippen molar-refractivity contribution in [3.63, 3.8) is 0 Å². The Morgan fingerprint density at radius 1 is 1.30 bits per heavy atom. The quantitative estimate of drug-likeness (QED) is 0.252. The number of nitrogens with two attached hydrogens (primary N) is 1. The van der Waals surface area contributed by atoms with Gasteiger partial charge in [-0.1, -0.05) is 38.1 Å². The maximum absolute atomic E-state index is 15.4. The van der Waals surface area contributed by atoms with E-state index in [2.05, 4.69) is 41.0 Å². The van der Waals surface area contributed by atoms with Gasteiger partial charge in [0.25, 0.3) is 0 Å². The van der Waals surface area contributed by atoms with Crippen LogP contribution in [-0.2, 0) is 12.8 Å². The third-order valence-corrected chi connectivity index (χ3v) is 6.68. The molecule has 4 N–H and O–H groups in total. The largest absolute Gasteiger partial charge is 0.384 e. The summed E-state index contributed by atoms with van der Waals surface area (Å²) in [5.41, 5.74) is 11.5. The van der Waals surface area contributed by atoms with Crippen LogP contribution < -0.4 is 16.4 Å². The van der Waals surface area contributed by atoms with E-state index < -0.39 is 5.82 Å². The Labute approximate surface area is 227 Å². The zero-order valence-corrected chi connectivity index (χ0v) is 24.1. The summed E-state index contributed by atoms with van der Waals surface area (Å²) in [4.78, 5) is 11.4. The van der Waals surface area contributed by atoms with E-state index in [1.807, 2.05) is 33.8 Å². The fraction of sp³-hybridized carbons (Fsp3) is 0.517. The Bertz CT molecular complexity index is 1060. The van der Waals surface area contributed by atoms with Crippen molar-refractivity contribution < 1.29 is 4.39 Å². The van der Waals surface area contributed by atoms with E-state index in [1.54, 1.807) is 12.3 Å². The van der Waals surface area contributed by atoms with Crippen LogP contribution in [0.15, 0.2) is 46.2 Å². The van der Waals surface area contributed by atoms with Gasteiger partial charge in [-0.3, -0.25) is 9.89 Å². The number of halogens is 2. The highest BCUT2D eigenvalue weighted by Crippen LogP contribution is 2.32. The van der Waals surface area contributed by atoms with Gasteiger partial charge in [0.15, 0.2) is 5.82 Å². The molecular weight excluding hydrogens is 487 g/mol.